The average molecular weight is 1040 g/mol. The molecule has 0 aliphatic carbocycles. The fourth-order valence-corrected chi connectivity index (χ4v) is 9.56. The molecule has 8 amide bonds. The lowest BCUT2D eigenvalue weighted by molar-refractivity contribution is -0.142. The Morgan fingerprint density at radius 2 is 1.31 bits per heavy atom. The van der Waals surface area contributed by atoms with E-state index < -0.39 is 100 Å². The highest BCUT2D eigenvalue weighted by molar-refractivity contribution is 7.98. The number of carbonyl (C=O) groups is 8. The molecule has 1 fully saturated rings. The van der Waals surface area contributed by atoms with Crippen molar-refractivity contribution in [2.24, 2.45) is 5.73 Å². The van der Waals surface area contributed by atoms with Crippen LogP contribution in [-0.4, -0.2) is 143 Å². The second-order valence-electron chi connectivity index (χ2n) is 17.0. The lowest BCUT2D eigenvalue weighted by Gasteiger charge is -2.30. The number of fused-ring (bicyclic) bond motifs is 1. The SMILES string of the molecule is CSCC[C@H](NC(=O)[C@H](Cc1ccc(S(=O)(=O)O)cc1)NC(C)=O)C(=O)NCC(=O)N[C@@H](Cc1c[nH]c2ccccc12)C(=O)N[C@@H](CCSC)C(=O)N1CCC[C@H]1C(=O)N[C@@H](Cc1ccccc1)C(N)=O. The molecule has 5 rings (SSSR count). The van der Waals surface area contributed by atoms with Crippen molar-refractivity contribution < 1.29 is 51.3 Å². The second kappa shape index (κ2) is 26.7. The van der Waals surface area contributed by atoms with Gasteiger partial charge in [-0.15, -0.1) is 0 Å². The van der Waals surface area contributed by atoms with Crippen LogP contribution in [-0.2, 0) is 67.7 Å². The number of nitrogens with zero attached hydrogens (tertiary/aromatic N) is 1. The highest BCUT2D eigenvalue weighted by Gasteiger charge is 2.39. The summed E-state index contributed by atoms with van der Waals surface area (Å²) in [7, 11) is -4.47. The summed E-state index contributed by atoms with van der Waals surface area (Å²) in [6.07, 6.45) is 6.51. The third-order valence-electron chi connectivity index (χ3n) is 11.8. The minimum absolute atomic E-state index is 0.0287. The molecular formula is C48H61N9O11S3. The molecule has 10 N–H and O–H groups in total. The van der Waals surface area contributed by atoms with E-state index in [4.69, 9.17) is 5.73 Å². The molecule has 2 heterocycles. The standard InChI is InChI=1S/C48H61N9O11S3/c1-29(58)52-39(25-31-15-17-33(18-16-31)71(66,67)68)45(62)54-36(19-22-69-2)44(61)51-28-42(59)53-40(26-32-27-50-35-13-8-7-12-34(32)35)46(63)55-37(20-23-70-3)48(65)57-21-9-14-41(57)47(64)56-38(43(49)60)24-30-10-5-4-6-11-30/h4-8,10-13,15-18,27,36-41,50H,9,14,19-26,28H2,1-3H3,(H2,49,60)(H,51,61)(H,52,58)(H,53,59)(H,54,62)(H,55,63)(H,56,64)(H,66,67,68)/t36-,37-,38-,39-,40-,41-/m0/s1. The third kappa shape index (κ3) is 16.6. The molecule has 0 bridgehead atoms. The van der Waals surface area contributed by atoms with Crippen LogP contribution in [0.1, 0.15) is 49.3 Å². The molecule has 4 aromatic rings. The number of para-hydroxylation sites is 1. The summed E-state index contributed by atoms with van der Waals surface area (Å²) in [5, 5.41) is 16.8. The summed E-state index contributed by atoms with van der Waals surface area (Å²) in [5.74, 6) is -4.40. The first-order valence-corrected chi connectivity index (χ1v) is 27.1. The van der Waals surface area contributed by atoms with Crippen LogP contribution in [0.2, 0.25) is 0 Å². The number of hydrogen-bond donors (Lipinski definition) is 9. The van der Waals surface area contributed by atoms with Gasteiger partial charge in [0, 0.05) is 49.8 Å². The van der Waals surface area contributed by atoms with E-state index in [9.17, 15) is 51.3 Å². The van der Waals surface area contributed by atoms with E-state index in [2.05, 4.69) is 36.9 Å². The molecule has 71 heavy (non-hydrogen) atoms. The quantitative estimate of drug-likeness (QED) is 0.0397. The molecule has 1 aliphatic heterocycles. The van der Waals surface area contributed by atoms with Crippen molar-refractivity contribution in [1.82, 2.24) is 41.8 Å². The first kappa shape index (κ1) is 55.5. The van der Waals surface area contributed by atoms with Crippen molar-refractivity contribution in [3.05, 3.63) is 102 Å². The van der Waals surface area contributed by atoms with Gasteiger partial charge in [-0.2, -0.15) is 31.9 Å². The Labute approximate surface area is 420 Å². The number of amides is 8. The lowest BCUT2D eigenvalue weighted by Crippen LogP contribution is -2.59. The van der Waals surface area contributed by atoms with Gasteiger partial charge in [0.1, 0.15) is 36.3 Å². The molecular weight excluding hydrogens is 975 g/mol. The molecule has 6 atom stereocenters. The average Bonchev–Trinajstić information content (AvgIpc) is 4.00. The molecule has 1 saturated heterocycles. The van der Waals surface area contributed by atoms with Crippen molar-refractivity contribution in [2.75, 3.05) is 37.1 Å². The number of thioether (sulfide) groups is 2. The first-order chi connectivity index (χ1) is 33.9. The topological polar surface area (TPSA) is 308 Å². The van der Waals surface area contributed by atoms with Gasteiger partial charge in [0.15, 0.2) is 0 Å². The van der Waals surface area contributed by atoms with Gasteiger partial charge >= 0.3 is 0 Å². The monoisotopic (exact) mass is 1040 g/mol. The van der Waals surface area contributed by atoms with Crippen molar-refractivity contribution in [1.29, 1.82) is 0 Å². The molecule has 23 heteroatoms. The molecule has 0 unspecified atom stereocenters. The molecule has 20 nitrogen and oxygen atoms in total. The minimum atomic E-state index is -4.47. The second-order valence-corrected chi connectivity index (χ2v) is 20.4. The molecule has 1 aliphatic rings. The number of likely N-dealkylation sites (tertiary alicyclic amines) is 1. The number of benzene rings is 3. The van der Waals surface area contributed by atoms with Crippen LogP contribution in [0.15, 0.2) is 90.0 Å². The Morgan fingerprint density at radius 1 is 0.718 bits per heavy atom. The van der Waals surface area contributed by atoms with E-state index in [1.54, 1.807) is 24.6 Å². The molecule has 0 saturated carbocycles. The summed E-state index contributed by atoms with van der Waals surface area (Å²) >= 11 is 2.85. The number of nitrogens with two attached hydrogens (primary N) is 1. The van der Waals surface area contributed by atoms with Crippen molar-refractivity contribution in [3.8, 4) is 0 Å². The predicted octanol–water partition coefficient (Wildman–Crippen LogP) is 0.985. The largest absolute Gasteiger partial charge is 0.368 e. The summed E-state index contributed by atoms with van der Waals surface area (Å²) in [5.41, 5.74) is 8.36. The van der Waals surface area contributed by atoms with E-state index in [-0.39, 0.29) is 43.5 Å². The van der Waals surface area contributed by atoms with Crippen LogP contribution in [0.25, 0.3) is 10.9 Å². The fourth-order valence-electron chi connectivity index (χ4n) is 8.14. The normalized spacial score (nSPS) is 15.6. The van der Waals surface area contributed by atoms with Gasteiger partial charge < -0.3 is 47.5 Å². The Hall–Kier alpha value is -6.43. The van der Waals surface area contributed by atoms with Crippen LogP contribution >= 0.6 is 23.5 Å². The number of aromatic nitrogens is 1. The van der Waals surface area contributed by atoms with E-state index in [0.29, 0.717) is 35.5 Å². The number of hydrogen-bond acceptors (Lipinski definition) is 12. The van der Waals surface area contributed by atoms with Crippen LogP contribution in [0.3, 0.4) is 0 Å². The van der Waals surface area contributed by atoms with Crippen LogP contribution in [0, 0.1) is 0 Å². The molecule has 0 radical (unpaired) electrons. The lowest BCUT2D eigenvalue weighted by atomic mass is 10.0. The van der Waals surface area contributed by atoms with Gasteiger partial charge in [-0.3, -0.25) is 42.9 Å². The Morgan fingerprint density at radius 3 is 1.94 bits per heavy atom. The van der Waals surface area contributed by atoms with Crippen LogP contribution in [0.5, 0.6) is 0 Å². The third-order valence-corrected chi connectivity index (χ3v) is 13.9. The number of aromatic amines is 1. The summed E-state index contributed by atoms with van der Waals surface area (Å²) < 4.78 is 32.4. The number of nitrogens with one attached hydrogen (secondary N) is 7. The summed E-state index contributed by atoms with van der Waals surface area (Å²) in [6.45, 7) is 0.805. The summed E-state index contributed by atoms with van der Waals surface area (Å²) in [6, 6.07) is 14.7. The highest BCUT2D eigenvalue weighted by atomic mass is 32.2. The van der Waals surface area contributed by atoms with Gasteiger partial charge in [0.2, 0.25) is 47.3 Å². The maximum atomic E-state index is 14.4. The maximum Gasteiger partial charge on any atom is 0.294 e. The van der Waals surface area contributed by atoms with Gasteiger partial charge in [-0.1, -0.05) is 60.7 Å². The molecule has 382 valence electrons. The van der Waals surface area contributed by atoms with Crippen LogP contribution < -0.4 is 37.6 Å². The number of rotatable bonds is 26. The van der Waals surface area contributed by atoms with E-state index in [1.165, 1.54) is 47.5 Å². The van der Waals surface area contributed by atoms with Crippen molar-refractivity contribution in [2.45, 2.75) is 93.0 Å². The highest BCUT2D eigenvalue weighted by Crippen LogP contribution is 2.22. The number of H-pyrrole nitrogens is 1. The zero-order chi connectivity index (χ0) is 51.7. The maximum absolute atomic E-state index is 14.4. The van der Waals surface area contributed by atoms with Gasteiger partial charge in [-0.05, 0) is 84.6 Å². The Bertz CT molecular complexity index is 2630. The van der Waals surface area contributed by atoms with Crippen LogP contribution in [0.4, 0.5) is 0 Å². The van der Waals surface area contributed by atoms with Gasteiger partial charge in [-0.25, -0.2) is 0 Å². The zero-order valence-electron chi connectivity index (χ0n) is 39.6. The van der Waals surface area contributed by atoms with Gasteiger partial charge in [0.05, 0.1) is 11.4 Å². The minimum Gasteiger partial charge on any atom is -0.368 e. The van der Waals surface area contributed by atoms with Crippen molar-refractivity contribution >= 4 is 91.8 Å². The van der Waals surface area contributed by atoms with E-state index >= 15 is 0 Å². The zero-order valence-corrected chi connectivity index (χ0v) is 42.1. The Balaban J connectivity index is 1.29. The van der Waals surface area contributed by atoms with Gasteiger partial charge in [0.25, 0.3) is 10.1 Å². The Kier molecular flexibility index (Phi) is 20.9. The summed E-state index contributed by atoms with van der Waals surface area (Å²) in [4.78, 5) is 112. The number of primary amides is 1. The predicted molar refractivity (Wildman–Crippen MR) is 270 cm³/mol. The van der Waals surface area contributed by atoms with E-state index in [0.717, 1.165) is 28.6 Å². The molecule has 1 aromatic heterocycles. The van der Waals surface area contributed by atoms with E-state index in [1.807, 2.05) is 48.7 Å². The number of carbonyl (C=O) groups excluding carboxylic acids is 8. The smallest absolute Gasteiger partial charge is 0.294 e. The molecule has 0 spiro atoms. The fraction of sp³-hybridized carbons (Fsp3) is 0.417. The molecule has 3 aromatic carbocycles. The van der Waals surface area contributed by atoms with Crippen molar-refractivity contribution in [3.63, 3.8) is 0 Å². The first-order valence-electron chi connectivity index (χ1n) is 22.9.